The van der Waals surface area contributed by atoms with E-state index in [0.717, 1.165) is 38.4 Å². The Kier molecular flexibility index (Phi) is 5.39. The number of imidazole rings is 1. The van der Waals surface area contributed by atoms with Crippen molar-refractivity contribution in [2.24, 2.45) is 0 Å². The SMILES string of the molecule is CNS(=O)c1ccccc1-c1ccc2nc(/C=C/c3ccccc3Cl)[nH]c2c1. The summed E-state index contributed by atoms with van der Waals surface area (Å²) in [5, 5.41) is 0.700. The van der Waals surface area contributed by atoms with Gasteiger partial charge in [-0.05, 0) is 60.2 Å². The monoisotopic (exact) mass is 407 g/mol. The van der Waals surface area contributed by atoms with Gasteiger partial charge in [-0.3, -0.25) is 0 Å². The minimum Gasteiger partial charge on any atom is -0.338 e. The molecule has 4 rings (SSSR count). The van der Waals surface area contributed by atoms with Crippen LogP contribution in [0, 0.1) is 0 Å². The van der Waals surface area contributed by atoms with E-state index in [1.54, 1.807) is 7.05 Å². The second kappa shape index (κ2) is 8.10. The molecule has 0 fully saturated rings. The lowest BCUT2D eigenvalue weighted by Gasteiger charge is -2.08. The van der Waals surface area contributed by atoms with Crippen LogP contribution in [-0.4, -0.2) is 21.2 Å². The minimum atomic E-state index is -1.26. The van der Waals surface area contributed by atoms with Gasteiger partial charge in [-0.25, -0.2) is 13.9 Å². The lowest BCUT2D eigenvalue weighted by atomic mass is 10.1. The summed E-state index contributed by atoms with van der Waals surface area (Å²) < 4.78 is 15.1. The zero-order valence-electron chi connectivity index (χ0n) is 15.1. The summed E-state index contributed by atoms with van der Waals surface area (Å²) in [4.78, 5) is 8.69. The summed E-state index contributed by atoms with van der Waals surface area (Å²) in [5.74, 6) is 0.749. The van der Waals surface area contributed by atoms with E-state index in [-0.39, 0.29) is 0 Å². The Labute approximate surface area is 170 Å². The number of hydrogen-bond acceptors (Lipinski definition) is 2. The number of aromatic amines is 1. The van der Waals surface area contributed by atoms with Gasteiger partial charge in [0.2, 0.25) is 0 Å². The third-order valence-corrected chi connectivity index (χ3v) is 5.88. The maximum atomic E-state index is 12.3. The highest BCUT2D eigenvalue weighted by molar-refractivity contribution is 7.83. The Balaban J connectivity index is 1.70. The molecule has 0 aliphatic carbocycles. The molecule has 4 nitrogen and oxygen atoms in total. The largest absolute Gasteiger partial charge is 0.338 e. The molecule has 0 bridgehead atoms. The van der Waals surface area contributed by atoms with Crippen LogP contribution >= 0.6 is 11.6 Å². The standard InChI is InChI=1S/C22H18ClN3OS/c1-24-28(27)21-9-5-3-7-17(21)16-10-12-19-20(14-16)26-22(25-19)13-11-15-6-2-4-8-18(15)23/h2-14,24H,1H3,(H,25,26)/b13-11+. The zero-order chi connectivity index (χ0) is 19.5. The predicted molar refractivity (Wildman–Crippen MR) is 117 cm³/mol. The number of aromatic nitrogens is 2. The molecule has 0 radical (unpaired) electrons. The fourth-order valence-corrected chi connectivity index (χ4v) is 4.04. The number of fused-ring (bicyclic) bond motifs is 1. The third-order valence-electron chi connectivity index (χ3n) is 4.41. The second-order valence-corrected chi connectivity index (χ2v) is 7.97. The molecule has 2 N–H and O–H groups in total. The number of hydrogen-bond donors (Lipinski definition) is 2. The van der Waals surface area contributed by atoms with E-state index in [2.05, 4.69) is 14.7 Å². The topological polar surface area (TPSA) is 57.8 Å². The normalized spacial score (nSPS) is 12.6. The van der Waals surface area contributed by atoms with Gasteiger partial charge in [0.15, 0.2) is 0 Å². The molecular formula is C22H18ClN3OS. The average molecular weight is 408 g/mol. The summed E-state index contributed by atoms with van der Waals surface area (Å²) in [6, 6.07) is 21.3. The van der Waals surface area contributed by atoms with Crippen LogP contribution in [-0.2, 0) is 11.0 Å². The molecule has 1 atom stereocenters. The number of rotatable bonds is 5. The number of halogens is 1. The van der Waals surface area contributed by atoms with Gasteiger partial charge in [-0.15, -0.1) is 0 Å². The van der Waals surface area contributed by atoms with Crippen molar-refractivity contribution < 1.29 is 4.21 Å². The van der Waals surface area contributed by atoms with Gasteiger partial charge in [-0.1, -0.05) is 54.1 Å². The molecule has 6 heteroatoms. The quantitative estimate of drug-likeness (QED) is 0.472. The Morgan fingerprint density at radius 3 is 2.64 bits per heavy atom. The fourth-order valence-electron chi connectivity index (χ4n) is 3.03. The Morgan fingerprint density at radius 2 is 1.82 bits per heavy atom. The van der Waals surface area contributed by atoms with Crippen molar-refractivity contribution >= 4 is 45.8 Å². The molecule has 0 saturated heterocycles. The second-order valence-electron chi connectivity index (χ2n) is 6.18. The average Bonchev–Trinajstić information content (AvgIpc) is 3.14. The van der Waals surface area contributed by atoms with Crippen LogP contribution < -0.4 is 4.72 Å². The highest BCUT2D eigenvalue weighted by Crippen LogP contribution is 2.28. The number of nitrogens with zero attached hydrogens (tertiary/aromatic N) is 1. The number of H-pyrrole nitrogens is 1. The van der Waals surface area contributed by atoms with Crippen LogP contribution in [0.4, 0.5) is 0 Å². The Hall–Kier alpha value is -2.73. The molecule has 0 saturated carbocycles. The van der Waals surface area contributed by atoms with Crippen molar-refractivity contribution in [3.8, 4) is 11.1 Å². The molecule has 1 unspecified atom stereocenters. The van der Waals surface area contributed by atoms with Crippen LogP contribution in [0.2, 0.25) is 5.02 Å². The predicted octanol–water partition coefficient (Wildman–Crippen LogP) is 5.30. The van der Waals surface area contributed by atoms with Crippen LogP contribution in [0.5, 0.6) is 0 Å². The molecule has 3 aromatic carbocycles. The molecule has 0 aliphatic heterocycles. The first-order valence-electron chi connectivity index (χ1n) is 8.76. The fraction of sp³-hybridized carbons (Fsp3) is 0.0455. The van der Waals surface area contributed by atoms with Gasteiger partial charge >= 0.3 is 0 Å². The highest BCUT2D eigenvalue weighted by atomic mass is 35.5. The first-order valence-corrected chi connectivity index (χ1v) is 10.3. The van der Waals surface area contributed by atoms with E-state index >= 15 is 0 Å². The van der Waals surface area contributed by atoms with Gasteiger partial charge in [0.25, 0.3) is 0 Å². The van der Waals surface area contributed by atoms with Crippen LogP contribution in [0.15, 0.2) is 71.6 Å². The highest BCUT2D eigenvalue weighted by Gasteiger charge is 2.11. The van der Waals surface area contributed by atoms with Crippen LogP contribution in [0.3, 0.4) is 0 Å². The lowest BCUT2D eigenvalue weighted by Crippen LogP contribution is -2.11. The van der Waals surface area contributed by atoms with E-state index in [1.165, 1.54) is 0 Å². The zero-order valence-corrected chi connectivity index (χ0v) is 16.7. The summed E-state index contributed by atoms with van der Waals surface area (Å²) in [6.07, 6.45) is 3.84. The molecular weight excluding hydrogens is 390 g/mol. The first kappa shape index (κ1) is 18.6. The maximum absolute atomic E-state index is 12.3. The molecule has 0 spiro atoms. The summed E-state index contributed by atoms with van der Waals surface area (Å²) in [5.41, 5.74) is 4.64. The molecule has 4 aromatic rings. The lowest BCUT2D eigenvalue weighted by molar-refractivity contribution is 0.678. The summed E-state index contributed by atoms with van der Waals surface area (Å²) in [6.45, 7) is 0. The molecule has 28 heavy (non-hydrogen) atoms. The van der Waals surface area contributed by atoms with E-state index in [9.17, 15) is 4.21 Å². The molecule has 1 aromatic heterocycles. The van der Waals surface area contributed by atoms with E-state index < -0.39 is 11.0 Å². The van der Waals surface area contributed by atoms with E-state index in [0.29, 0.717) is 5.02 Å². The van der Waals surface area contributed by atoms with Crippen molar-refractivity contribution in [1.82, 2.24) is 14.7 Å². The molecule has 0 aliphatic rings. The summed E-state index contributed by atoms with van der Waals surface area (Å²) in [7, 11) is 0.426. The molecule has 1 heterocycles. The van der Waals surface area contributed by atoms with Crippen molar-refractivity contribution in [3.63, 3.8) is 0 Å². The van der Waals surface area contributed by atoms with Crippen molar-refractivity contribution in [2.45, 2.75) is 4.90 Å². The van der Waals surface area contributed by atoms with E-state index in [1.807, 2.05) is 78.9 Å². The Morgan fingerprint density at radius 1 is 1.04 bits per heavy atom. The van der Waals surface area contributed by atoms with Gasteiger partial charge in [-0.2, -0.15) is 0 Å². The van der Waals surface area contributed by atoms with Crippen LogP contribution in [0.25, 0.3) is 34.3 Å². The molecule has 140 valence electrons. The van der Waals surface area contributed by atoms with Crippen LogP contribution in [0.1, 0.15) is 11.4 Å². The Bertz CT molecular complexity index is 1200. The summed E-state index contributed by atoms with van der Waals surface area (Å²) >= 11 is 6.20. The number of benzene rings is 3. The van der Waals surface area contributed by atoms with Crippen molar-refractivity contribution in [2.75, 3.05) is 7.05 Å². The van der Waals surface area contributed by atoms with Gasteiger partial charge in [0.1, 0.15) is 16.8 Å². The first-order chi connectivity index (χ1) is 13.7. The van der Waals surface area contributed by atoms with Gasteiger partial charge < -0.3 is 4.98 Å². The molecule has 0 amide bonds. The van der Waals surface area contributed by atoms with Gasteiger partial charge in [0.05, 0.1) is 15.9 Å². The maximum Gasteiger partial charge on any atom is 0.131 e. The smallest absolute Gasteiger partial charge is 0.131 e. The van der Waals surface area contributed by atoms with Crippen molar-refractivity contribution in [3.05, 3.63) is 83.1 Å². The van der Waals surface area contributed by atoms with Crippen molar-refractivity contribution in [1.29, 1.82) is 0 Å². The van der Waals surface area contributed by atoms with E-state index in [4.69, 9.17) is 11.6 Å². The number of nitrogens with one attached hydrogen (secondary N) is 2. The third kappa shape index (κ3) is 3.78. The minimum absolute atomic E-state index is 0.700. The van der Waals surface area contributed by atoms with Gasteiger partial charge in [0, 0.05) is 5.02 Å².